The minimum absolute atomic E-state index is 0.222. The van der Waals surface area contributed by atoms with Gasteiger partial charge < -0.3 is 15.2 Å². The molecular weight excluding hydrogens is 330 g/mol. The molecule has 1 unspecified atom stereocenters. The molecule has 0 spiro atoms. The van der Waals surface area contributed by atoms with Gasteiger partial charge in [-0.3, -0.25) is 0 Å². The van der Waals surface area contributed by atoms with Gasteiger partial charge in [-0.05, 0) is 54.7 Å². The van der Waals surface area contributed by atoms with Crippen LogP contribution in [0, 0.1) is 0 Å². The molecule has 0 fully saturated rings. The van der Waals surface area contributed by atoms with Gasteiger partial charge in [0.2, 0.25) is 0 Å². The minimum atomic E-state index is 0.222. The first-order valence-corrected chi connectivity index (χ1v) is 7.88. The molecule has 0 radical (unpaired) electrons. The van der Waals surface area contributed by atoms with E-state index in [9.17, 15) is 5.11 Å². The first kappa shape index (κ1) is 14.3. The quantitative estimate of drug-likeness (QED) is 0.848. The summed E-state index contributed by atoms with van der Waals surface area (Å²) >= 11 is 3.50. The zero-order valence-corrected chi connectivity index (χ0v) is 13.5. The van der Waals surface area contributed by atoms with Crippen LogP contribution in [-0.2, 0) is 6.42 Å². The first-order valence-electron chi connectivity index (χ1n) is 7.08. The van der Waals surface area contributed by atoms with Crippen LogP contribution in [-0.4, -0.2) is 12.2 Å². The van der Waals surface area contributed by atoms with Gasteiger partial charge in [-0.1, -0.05) is 22.0 Å². The molecule has 0 aromatic heterocycles. The largest absolute Gasteiger partial charge is 0.508 e. The van der Waals surface area contributed by atoms with Gasteiger partial charge in [0.15, 0.2) is 0 Å². The zero-order valence-electron chi connectivity index (χ0n) is 11.9. The van der Waals surface area contributed by atoms with Gasteiger partial charge in [0.25, 0.3) is 0 Å². The topological polar surface area (TPSA) is 41.5 Å². The summed E-state index contributed by atoms with van der Waals surface area (Å²) in [6.45, 7) is 0. The number of phenolic OH excluding ortho intramolecular Hbond substituents is 1. The number of hydrogen-bond donors (Lipinski definition) is 2. The number of methoxy groups -OCH3 is 1. The standard InChI is InChI=1S/C17H18BrNO2/c1-21-15-8-12(18)7-13(9-15)19-17-4-2-3-11-5-6-14(20)10-16(11)17/h5-10,17,19-20H,2-4H2,1H3. The number of hydrogen-bond acceptors (Lipinski definition) is 3. The van der Waals surface area contributed by atoms with E-state index in [2.05, 4.69) is 21.2 Å². The lowest BCUT2D eigenvalue weighted by Crippen LogP contribution is -2.17. The molecule has 1 aliphatic carbocycles. The second-order valence-electron chi connectivity index (χ2n) is 5.35. The maximum atomic E-state index is 9.74. The molecule has 1 atom stereocenters. The Balaban J connectivity index is 1.90. The average Bonchev–Trinajstić information content (AvgIpc) is 2.47. The summed E-state index contributed by atoms with van der Waals surface area (Å²) in [6, 6.07) is 11.9. The predicted octanol–water partition coefficient (Wildman–Crippen LogP) is 4.65. The lowest BCUT2D eigenvalue weighted by atomic mass is 9.87. The van der Waals surface area contributed by atoms with E-state index < -0.39 is 0 Å². The van der Waals surface area contributed by atoms with Crippen molar-refractivity contribution in [2.75, 3.05) is 12.4 Å². The molecule has 1 aliphatic rings. The molecule has 0 saturated heterocycles. The van der Waals surface area contributed by atoms with Crippen molar-refractivity contribution in [2.45, 2.75) is 25.3 Å². The Morgan fingerprint density at radius 1 is 1.24 bits per heavy atom. The Kier molecular flexibility index (Phi) is 4.06. The second-order valence-corrected chi connectivity index (χ2v) is 6.27. The highest BCUT2D eigenvalue weighted by atomic mass is 79.9. The van der Waals surface area contributed by atoms with E-state index in [0.29, 0.717) is 5.75 Å². The summed E-state index contributed by atoms with van der Waals surface area (Å²) in [5.74, 6) is 1.15. The summed E-state index contributed by atoms with van der Waals surface area (Å²) in [4.78, 5) is 0. The van der Waals surface area contributed by atoms with Gasteiger partial charge in [0.1, 0.15) is 11.5 Å². The van der Waals surface area contributed by atoms with Crippen LogP contribution in [0.1, 0.15) is 30.0 Å². The molecule has 3 rings (SSSR count). The van der Waals surface area contributed by atoms with Crippen molar-refractivity contribution in [1.82, 2.24) is 0 Å². The molecule has 0 saturated carbocycles. The Hall–Kier alpha value is -1.68. The summed E-state index contributed by atoms with van der Waals surface area (Å²) in [5, 5.41) is 13.3. The smallest absolute Gasteiger partial charge is 0.122 e. The van der Waals surface area contributed by atoms with Crippen LogP contribution in [0.3, 0.4) is 0 Å². The van der Waals surface area contributed by atoms with E-state index >= 15 is 0 Å². The van der Waals surface area contributed by atoms with Gasteiger partial charge >= 0.3 is 0 Å². The third-order valence-corrected chi connectivity index (χ3v) is 4.35. The van der Waals surface area contributed by atoms with Crippen LogP contribution in [0.15, 0.2) is 40.9 Å². The molecular formula is C17H18BrNO2. The van der Waals surface area contributed by atoms with Crippen molar-refractivity contribution in [2.24, 2.45) is 0 Å². The fraction of sp³-hybridized carbons (Fsp3) is 0.294. The highest BCUT2D eigenvalue weighted by Gasteiger charge is 2.20. The van der Waals surface area contributed by atoms with Crippen LogP contribution in [0.25, 0.3) is 0 Å². The molecule has 0 aliphatic heterocycles. The molecule has 3 nitrogen and oxygen atoms in total. The van der Waals surface area contributed by atoms with E-state index in [1.807, 2.05) is 30.3 Å². The van der Waals surface area contributed by atoms with Crippen molar-refractivity contribution in [3.63, 3.8) is 0 Å². The number of halogens is 1. The first-order chi connectivity index (χ1) is 10.2. The molecule has 21 heavy (non-hydrogen) atoms. The lowest BCUT2D eigenvalue weighted by Gasteiger charge is -2.27. The average molecular weight is 348 g/mol. The van der Waals surface area contributed by atoms with Gasteiger partial charge in [0, 0.05) is 16.2 Å². The van der Waals surface area contributed by atoms with E-state index in [0.717, 1.165) is 35.2 Å². The number of phenols is 1. The molecule has 4 heteroatoms. The monoisotopic (exact) mass is 347 g/mol. The maximum absolute atomic E-state index is 9.74. The van der Waals surface area contributed by atoms with Crippen LogP contribution in [0.4, 0.5) is 5.69 Å². The molecule has 2 aromatic rings. The van der Waals surface area contributed by atoms with E-state index in [1.54, 1.807) is 13.2 Å². The highest BCUT2D eigenvalue weighted by molar-refractivity contribution is 9.10. The zero-order chi connectivity index (χ0) is 14.8. The summed E-state index contributed by atoms with van der Waals surface area (Å²) in [5.41, 5.74) is 3.53. The summed E-state index contributed by atoms with van der Waals surface area (Å²) in [6.07, 6.45) is 3.29. The van der Waals surface area contributed by atoms with Crippen LogP contribution in [0.5, 0.6) is 11.5 Å². The molecule has 0 heterocycles. The second kappa shape index (κ2) is 5.98. The van der Waals surface area contributed by atoms with Gasteiger partial charge in [-0.2, -0.15) is 0 Å². The number of nitrogens with one attached hydrogen (secondary N) is 1. The lowest BCUT2D eigenvalue weighted by molar-refractivity contribution is 0.414. The Bertz CT molecular complexity index is 657. The molecule has 110 valence electrons. The third kappa shape index (κ3) is 3.16. The molecule has 2 N–H and O–H groups in total. The fourth-order valence-corrected chi connectivity index (χ4v) is 3.37. The normalized spacial score (nSPS) is 17.1. The summed E-state index contributed by atoms with van der Waals surface area (Å²) < 4.78 is 6.29. The van der Waals surface area contributed by atoms with Crippen molar-refractivity contribution < 1.29 is 9.84 Å². The molecule has 0 amide bonds. The molecule has 0 bridgehead atoms. The van der Waals surface area contributed by atoms with E-state index in [1.165, 1.54) is 11.1 Å². The number of benzene rings is 2. The van der Waals surface area contributed by atoms with E-state index in [-0.39, 0.29) is 6.04 Å². The predicted molar refractivity (Wildman–Crippen MR) is 88.1 cm³/mol. The number of fused-ring (bicyclic) bond motifs is 1. The number of anilines is 1. The number of rotatable bonds is 3. The van der Waals surface area contributed by atoms with Gasteiger partial charge in [-0.15, -0.1) is 0 Å². The molecule has 2 aromatic carbocycles. The highest BCUT2D eigenvalue weighted by Crippen LogP contribution is 2.35. The van der Waals surface area contributed by atoms with Gasteiger partial charge in [0.05, 0.1) is 13.2 Å². The van der Waals surface area contributed by atoms with Crippen molar-refractivity contribution >= 4 is 21.6 Å². The van der Waals surface area contributed by atoms with Crippen molar-refractivity contribution in [3.8, 4) is 11.5 Å². The number of ether oxygens (including phenoxy) is 1. The Morgan fingerprint density at radius 2 is 2.10 bits per heavy atom. The van der Waals surface area contributed by atoms with Crippen LogP contribution >= 0.6 is 15.9 Å². The van der Waals surface area contributed by atoms with Crippen LogP contribution < -0.4 is 10.1 Å². The Morgan fingerprint density at radius 3 is 2.90 bits per heavy atom. The SMILES string of the molecule is COc1cc(Br)cc(NC2CCCc3ccc(O)cc32)c1. The van der Waals surface area contributed by atoms with Crippen molar-refractivity contribution in [1.29, 1.82) is 0 Å². The minimum Gasteiger partial charge on any atom is -0.508 e. The van der Waals surface area contributed by atoms with E-state index in [4.69, 9.17) is 4.74 Å². The third-order valence-electron chi connectivity index (χ3n) is 3.89. The maximum Gasteiger partial charge on any atom is 0.122 e. The summed E-state index contributed by atoms with van der Waals surface area (Å²) in [7, 11) is 1.67. The van der Waals surface area contributed by atoms with Crippen molar-refractivity contribution in [3.05, 3.63) is 52.0 Å². The number of aromatic hydroxyl groups is 1. The van der Waals surface area contributed by atoms with Gasteiger partial charge in [-0.25, -0.2) is 0 Å². The Labute approximate surface area is 133 Å². The van der Waals surface area contributed by atoms with Crippen LogP contribution in [0.2, 0.25) is 0 Å². The fourth-order valence-electron chi connectivity index (χ4n) is 2.90. The number of aryl methyl sites for hydroxylation is 1.